The highest BCUT2D eigenvalue weighted by molar-refractivity contribution is 5.74. The Morgan fingerprint density at radius 1 is 0.900 bits per heavy atom. The molecule has 1 aromatic heterocycles. The molecule has 4 rings (SSSR count). The third kappa shape index (κ3) is 5.11. The van der Waals surface area contributed by atoms with Crippen LogP contribution in [0.1, 0.15) is 25.7 Å². The fourth-order valence-corrected chi connectivity index (χ4v) is 4.17. The van der Waals surface area contributed by atoms with Gasteiger partial charge in [0.05, 0.1) is 7.11 Å². The van der Waals surface area contributed by atoms with Gasteiger partial charge in [-0.3, -0.25) is 0 Å². The van der Waals surface area contributed by atoms with Crippen LogP contribution in [0, 0.1) is 0 Å². The molecule has 0 aliphatic carbocycles. The van der Waals surface area contributed by atoms with Crippen LogP contribution in [-0.2, 0) is 0 Å². The molecule has 0 spiro atoms. The first-order valence-corrected chi connectivity index (χ1v) is 10.7. The zero-order chi connectivity index (χ0) is 20.8. The maximum absolute atomic E-state index is 12.5. The number of methoxy groups -OCH3 is 1. The van der Waals surface area contributed by atoms with Gasteiger partial charge in [0.1, 0.15) is 5.75 Å². The van der Waals surface area contributed by atoms with E-state index in [4.69, 9.17) is 4.74 Å². The van der Waals surface area contributed by atoms with Gasteiger partial charge in [0.25, 0.3) is 0 Å². The van der Waals surface area contributed by atoms with Crippen molar-refractivity contribution in [2.45, 2.75) is 37.8 Å². The maximum atomic E-state index is 12.5. The van der Waals surface area contributed by atoms with Gasteiger partial charge in [-0.2, -0.15) is 0 Å². The van der Waals surface area contributed by atoms with E-state index < -0.39 is 0 Å². The van der Waals surface area contributed by atoms with Crippen LogP contribution >= 0.6 is 0 Å². The standard InChI is InChI=1S/C22H30N6O2/c1-30-20-5-3-19(4-6-20)27-13-7-17(8-14-27)25-22(29)26-18-9-15-28(16-10-18)21-23-11-2-12-24-21/h2-6,11-12,17-18H,7-10,13-16H2,1H3,(H2,25,26,29). The minimum absolute atomic E-state index is 0.0488. The number of urea groups is 1. The van der Waals surface area contributed by atoms with Crippen molar-refractivity contribution in [2.24, 2.45) is 0 Å². The zero-order valence-electron chi connectivity index (χ0n) is 17.5. The number of piperidine rings is 2. The lowest BCUT2D eigenvalue weighted by molar-refractivity contribution is 0.228. The second-order valence-corrected chi connectivity index (χ2v) is 7.89. The van der Waals surface area contributed by atoms with Crippen LogP contribution in [0.5, 0.6) is 5.75 Å². The van der Waals surface area contributed by atoms with E-state index >= 15 is 0 Å². The highest BCUT2D eigenvalue weighted by atomic mass is 16.5. The van der Waals surface area contributed by atoms with Gasteiger partial charge in [-0.15, -0.1) is 0 Å². The van der Waals surface area contributed by atoms with E-state index in [1.54, 1.807) is 19.5 Å². The van der Waals surface area contributed by atoms with E-state index in [1.165, 1.54) is 5.69 Å². The van der Waals surface area contributed by atoms with Crippen LogP contribution in [-0.4, -0.2) is 61.4 Å². The fraction of sp³-hybridized carbons (Fsp3) is 0.500. The maximum Gasteiger partial charge on any atom is 0.315 e. The largest absolute Gasteiger partial charge is 0.497 e. The molecule has 0 radical (unpaired) electrons. The van der Waals surface area contributed by atoms with E-state index in [9.17, 15) is 4.79 Å². The third-order valence-corrected chi connectivity index (χ3v) is 5.93. The number of nitrogens with zero attached hydrogens (tertiary/aromatic N) is 4. The highest BCUT2D eigenvalue weighted by Gasteiger charge is 2.24. The van der Waals surface area contributed by atoms with E-state index in [2.05, 4.69) is 42.5 Å². The first-order chi connectivity index (χ1) is 14.7. The number of hydrogen-bond acceptors (Lipinski definition) is 6. The molecule has 2 aliphatic heterocycles. The van der Waals surface area contributed by atoms with Crippen molar-refractivity contribution in [3.05, 3.63) is 42.7 Å². The van der Waals surface area contributed by atoms with Gasteiger partial charge in [0, 0.05) is 56.3 Å². The van der Waals surface area contributed by atoms with Crippen LogP contribution in [0.4, 0.5) is 16.4 Å². The van der Waals surface area contributed by atoms with Crippen LogP contribution in [0.2, 0.25) is 0 Å². The quantitative estimate of drug-likeness (QED) is 0.788. The lowest BCUT2D eigenvalue weighted by atomic mass is 10.0. The number of nitrogens with one attached hydrogen (secondary N) is 2. The van der Waals surface area contributed by atoms with Gasteiger partial charge in [0.15, 0.2) is 0 Å². The summed E-state index contributed by atoms with van der Waals surface area (Å²) >= 11 is 0. The number of amides is 2. The average molecular weight is 411 g/mol. The summed E-state index contributed by atoms with van der Waals surface area (Å²) in [5.74, 6) is 1.64. The molecule has 2 fully saturated rings. The summed E-state index contributed by atoms with van der Waals surface area (Å²) in [4.78, 5) is 25.6. The number of benzene rings is 1. The summed E-state index contributed by atoms with van der Waals surface area (Å²) in [7, 11) is 1.68. The normalized spacial score (nSPS) is 18.2. The topological polar surface area (TPSA) is 82.6 Å². The summed E-state index contributed by atoms with van der Waals surface area (Å²) in [5.41, 5.74) is 1.20. The van der Waals surface area contributed by atoms with Crippen molar-refractivity contribution in [3.63, 3.8) is 0 Å². The van der Waals surface area contributed by atoms with Crippen LogP contribution < -0.4 is 25.2 Å². The number of carbonyl (C=O) groups is 1. The Morgan fingerprint density at radius 2 is 1.43 bits per heavy atom. The SMILES string of the molecule is COc1ccc(N2CCC(NC(=O)NC3CCN(c4ncccn4)CC3)CC2)cc1. The van der Waals surface area contributed by atoms with Gasteiger partial charge in [-0.1, -0.05) is 0 Å². The number of carbonyl (C=O) groups excluding carboxylic acids is 1. The van der Waals surface area contributed by atoms with Crippen LogP contribution in [0.3, 0.4) is 0 Å². The minimum atomic E-state index is -0.0488. The molecule has 2 amide bonds. The smallest absolute Gasteiger partial charge is 0.315 e. The van der Waals surface area contributed by atoms with Crippen molar-refractivity contribution in [1.82, 2.24) is 20.6 Å². The minimum Gasteiger partial charge on any atom is -0.497 e. The Labute approximate surface area is 177 Å². The number of rotatable bonds is 5. The van der Waals surface area contributed by atoms with Gasteiger partial charge >= 0.3 is 6.03 Å². The summed E-state index contributed by atoms with van der Waals surface area (Å²) < 4.78 is 5.23. The van der Waals surface area contributed by atoms with Crippen molar-refractivity contribution in [2.75, 3.05) is 43.1 Å². The monoisotopic (exact) mass is 410 g/mol. The molecule has 2 aromatic rings. The molecule has 160 valence electrons. The number of ether oxygens (including phenoxy) is 1. The molecule has 2 N–H and O–H groups in total. The second kappa shape index (κ2) is 9.65. The molecule has 8 heteroatoms. The number of anilines is 2. The molecule has 2 saturated heterocycles. The molecule has 3 heterocycles. The molecule has 1 aromatic carbocycles. The van der Waals surface area contributed by atoms with Gasteiger partial charge < -0.3 is 25.2 Å². The zero-order valence-corrected chi connectivity index (χ0v) is 17.5. The van der Waals surface area contributed by atoms with Crippen molar-refractivity contribution < 1.29 is 9.53 Å². The Morgan fingerprint density at radius 3 is 1.97 bits per heavy atom. The highest BCUT2D eigenvalue weighted by Crippen LogP contribution is 2.23. The van der Waals surface area contributed by atoms with Gasteiger partial charge in [-0.25, -0.2) is 14.8 Å². The molecule has 0 atom stereocenters. The molecule has 0 unspecified atom stereocenters. The average Bonchev–Trinajstić information content (AvgIpc) is 2.81. The Bertz CT molecular complexity index is 800. The lowest BCUT2D eigenvalue weighted by Gasteiger charge is -2.35. The predicted octanol–water partition coefficient (Wildman–Crippen LogP) is 2.42. The van der Waals surface area contributed by atoms with Crippen molar-refractivity contribution in [1.29, 1.82) is 0 Å². The van der Waals surface area contributed by atoms with Crippen molar-refractivity contribution in [3.8, 4) is 5.75 Å². The Kier molecular flexibility index (Phi) is 6.51. The molecular formula is C22H30N6O2. The molecule has 30 heavy (non-hydrogen) atoms. The molecule has 2 aliphatic rings. The summed E-state index contributed by atoms with van der Waals surface area (Å²) in [6.07, 6.45) is 7.23. The van der Waals surface area contributed by atoms with Crippen LogP contribution in [0.15, 0.2) is 42.7 Å². The molecular weight excluding hydrogens is 380 g/mol. The second-order valence-electron chi connectivity index (χ2n) is 7.89. The summed E-state index contributed by atoms with van der Waals surface area (Å²) in [6.45, 7) is 3.59. The summed E-state index contributed by atoms with van der Waals surface area (Å²) in [5, 5.41) is 6.31. The fourth-order valence-electron chi connectivity index (χ4n) is 4.17. The molecule has 0 bridgehead atoms. The van der Waals surface area contributed by atoms with E-state index in [0.717, 1.165) is 63.6 Å². The van der Waals surface area contributed by atoms with Crippen molar-refractivity contribution >= 4 is 17.7 Å². The van der Waals surface area contributed by atoms with Gasteiger partial charge in [-0.05, 0) is 56.0 Å². The summed E-state index contributed by atoms with van der Waals surface area (Å²) in [6, 6.07) is 10.3. The molecule has 0 saturated carbocycles. The number of aromatic nitrogens is 2. The first kappa shape index (κ1) is 20.3. The van der Waals surface area contributed by atoms with Crippen LogP contribution in [0.25, 0.3) is 0 Å². The number of hydrogen-bond donors (Lipinski definition) is 2. The van der Waals surface area contributed by atoms with E-state index in [-0.39, 0.29) is 18.1 Å². The lowest BCUT2D eigenvalue weighted by Crippen LogP contribution is -2.52. The van der Waals surface area contributed by atoms with E-state index in [1.807, 2.05) is 18.2 Å². The Balaban J connectivity index is 1.17. The predicted molar refractivity (Wildman–Crippen MR) is 117 cm³/mol. The molecule has 8 nitrogen and oxygen atoms in total. The first-order valence-electron chi connectivity index (χ1n) is 10.7. The third-order valence-electron chi connectivity index (χ3n) is 5.93. The van der Waals surface area contributed by atoms with E-state index in [0.29, 0.717) is 0 Å². The Hall–Kier alpha value is -3.03. The van der Waals surface area contributed by atoms with Gasteiger partial charge in [0.2, 0.25) is 5.95 Å².